The summed E-state index contributed by atoms with van der Waals surface area (Å²) in [6.07, 6.45) is 2.46. The number of aliphatic carboxylic acids is 1. The lowest BCUT2D eigenvalue weighted by molar-refractivity contribution is -0.143. The molecule has 0 bridgehead atoms. The summed E-state index contributed by atoms with van der Waals surface area (Å²) in [5.41, 5.74) is 0. The van der Waals surface area contributed by atoms with E-state index in [0.717, 1.165) is 6.42 Å². The second kappa shape index (κ2) is 5.99. The largest absolute Gasteiger partial charge is 0.481 e. The zero-order chi connectivity index (χ0) is 13.9. The third-order valence-electron chi connectivity index (χ3n) is 3.45. The molecule has 106 valence electrons. The fourth-order valence-electron chi connectivity index (χ4n) is 2.09. The summed E-state index contributed by atoms with van der Waals surface area (Å²) in [4.78, 5) is 10.9. The summed E-state index contributed by atoms with van der Waals surface area (Å²) in [5.74, 6) is -1.27. The number of hydrogen-bond donors (Lipinski definition) is 2. The van der Waals surface area contributed by atoms with Crippen molar-refractivity contribution in [3.8, 4) is 0 Å². The van der Waals surface area contributed by atoms with Crippen LogP contribution < -0.4 is 4.72 Å². The van der Waals surface area contributed by atoms with Gasteiger partial charge in [-0.2, -0.15) is 17.4 Å². The van der Waals surface area contributed by atoms with Crippen LogP contribution in [-0.2, 0) is 15.0 Å². The van der Waals surface area contributed by atoms with Gasteiger partial charge in [-0.1, -0.05) is 6.42 Å². The Labute approximate surface area is 109 Å². The van der Waals surface area contributed by atoms with Crippen molar-refractivity contribution in [1.82, 2.24) is 9.03 Å². The van der Waals surface area contributed by atoms with Crippen molar-refractivity contribution in [2.24, 2.45) is 5.92 Å². The normalized spacial score (nSPS) is 25.6. The van der Waals surface area contributed by atoms with Crippen LogP contribution in [0, 0.1) is 5.92 Å². The molecule has 0 aromatic heterocycles. The maximum atomic E-state index is 12.0. The van der Waals surface area contributed by atoms with E-state index < -0.39 is 22.1 Å². The standard InChI is InChI=1S/C11H22N2O4S/c1-8(2)13(3)18(16,17)12-10-6-4-5-9(7-10)11(14)15/h8-10,12H,4-7H2,1-3H3,(H,14,15). The number of carbonyl (C=O) groups is 1. The zero-order valence-corrected chi connectivity index (χ0v) is 11.9. The summed E-state index contributed by atoms with van der Waals surface area (Å²) >= 11 is 0. The van der Waals surface area contributed by atoms with Crippen LogP contribution in [0.1, 0.15) is 39.5 Å². The number of rotatable bonds is 5. The third-order valence-corrected chi connectivity index (χ3v) is 5.26. The lowest BCUT2D eigenvalue weighted by Crippen LogP contribution is -2.48. The van der Waals surface area contributed by atoms with Gasteiger partial charge in [0.15, 0.2) is 0 Å². The first-order valence-electron chi connectivity index (χ1n) is 6.22. The number of carboxylic acids is 1. The highest BCUT2D eigenvalue weighted by Gasteiger charge is 2.31. The van der Waals surface area contributed by atoms with Gasteiger partial charge >= 0.3 is 5.97 Å². The Bertz CT molecular complexity index is 394. The van der Waals surface area contributed by atoms with Crippen LogP contribution in [0.4, 0.5) is 0 Å². The van der Waals surface area contributed by atoms with Crippen LogP contribution in [0.5, 0.6) is 0 Å². The van der Waals surface area contributed by atoms with Gasteiger partial charge in [0.05, 0.1) is 5.92 Å². The fourth-order valence-corrected chi connectivity index (χ4v) is 3.45. The molecular weight excluding hydrogens is 256 g/mol. The fraction of sp³-hybridized carbons (Fsp3) is 0.909. The van der Waals surface area contributed by atoms with Gasteiger partial charge < -0.3 is 5.11 Å². The Morgan fingerprint density at radius 3 is 2.50 bits per heavy atom. The molecule has 1 aliphatic carbocycles. The smallest absolute Gasteiger partial charge is 0.306 e. The van der Waals surface area contributed by atoms with Gasteiger partial charge in [0, 0.05) is 19.1 Å². The minimum atomic E-state index is -3.52. The first kappa shape index (κ1) is 15.4. The number of nitrogens with one attached hydrogen (secondary N) is 1. The molecule has 0 saturated heterocycles. The minimum absolute atomic E-state index is 0.124. The molecule has 6 nitrogen and oxygen atoms in total. The van der Waals surface area contributed by atoms with E-state index in [-0.39, 0.29) is 12.1 Å². The van der Waals surface area contributed by atoms with Gasteiger partial charge in [-0.15, -0.1) is 0 Å². The highest BCUT2D eigenvalue weighted by atomic mass is 32.2. The average Bonchev–Trinajstić information content (AvgIpc) is 2.27. The molecule has 1 rings (SSSR count). The molecule has 0 aliphatic heterocycles. The van der Waals surface area contributed by atoms with Crippen molar-refractivity contribution in [2.45, 2.75) is 51.6 Å². The van der Waals surface area contributed by atoms with Crippen molar-refractivity contribution in [3.05, 3.63) is 0 Å². The molecule has 0 aromatic rings. The molecule has 2 atom stereocenters. The Balaban J connectivity index is 2.64. The molecule has 7 heteroatoms. The molecule has 0 radical (unpaired) electrons. The van der Waals surface area contributed by atoms with Gasteiger partial charge in [0.25, 0.3) is 10.2 Å². The van der Waals surface area contributed by atoms with Crippen LogP contribution in [-0.4, -0.2) is 42.9 Å². The van der Waals surface area contributed by atoms with Gasteiger partial charge in [0.2, 0.25) is 0 Å². The predicted octanol–water partition coefficient (Wildman–Crippen LogP) is 0.804. The zero-order valence-electron chi connectivity index (χ0n) is 11.1. The van der Waals surface area contributed by atoms with E-state index in [1.54, 1.807) is 13.8 Å². The molecule has 1 aliphatic rings. The topological polar surface area (TPSA) is 86.7 Å². The number of nitrogens with zero attached hydrogens (tertiary/aromatic N) is 1. The van der Waals surface area contributed by atoms with Gasteiger partial charge in [-0.05, 0) is 33.1 Å². The maximum Gasteiger partial charge on any atom is 0.306 e. The van der Waals surface area contributed by atoms with E-state index in [0.29, 0.717) is 19.3 Å². The molecule has 2 N–H and O–H groups in total. The van der Waals surface area contributed by atoms with E-state index in [2.05, 4.69) is 4.72 Å². The SMILES string of the molecule is CC(C)N(C)S(=O)(=O)NC1CCCC(C(=O)O)C1. The minimum Gasteiger partial charge on any atom is -0.481 e. The van der Waals surface area contributed by atoms with Crippen LogP contribution in [0.2, 0.25) is 0 Å². The lowest BCUT2D eigenvalue weighted by atomic mass is 9.86. The van der Waals surface area contributed by atoms with Crippen LogP contribution >= 0.6 is 0 Å². The van der Waals surface area contributed by atoms with Gasteiger partial charge in [-0.3, -0.25) is 4.79 Å². The van der Waals surface area contributed by atoms with Gasteiger partial charge in [0.1, 0.15) is 0 Å². The summed E-state index contributed by atoms with van der Waals surface area (Å²) in [6, 6.07) is -0.396. The van der Waals surface area contributed by atoms with Crippen molar-refractivity contribution in [1.29, 1.82) is 0 Å². The monoisotopic (exact) mass is 278 g/mol. The molecule has 0 aromatic carbocycles. The highest BCUT2D eigenvalue weighted by molar-refractivity contribution is 7.87. The van der Waals surface area contributed by atoms with Gasteiger partial charge in [-0.25, -0.2) is 0 Å². The van der Waals surface area contributed by atoms with E-state index in [1.807, 2.05) is 0 Å². The quantitative estimate of drug-likeness (QED) is 0.779. The first-order valence-corrected chi connectivity index (χ1v) is 7.66. The second-order valence-electron chi connectivity index (χ2n) is 5.13. The van der Waals surface area contributed by atoms with Crippen molar-refractivity contribution >= 4 is 16.2 Å². The third kappa shape index (κ3) is 3.93. The molecule has 0 amide bonds. The van der Waals surface area contributed by atoms with E-state index in [1.165, 1.54) is 11.4 Å². The Kier molecular flexibility index (Phi) is 5.12. The highest BCUT2D eigenvalue weighted by Crippen LogP contribution is 2.25. The summed E-state index contributed by atoms with van der Waals surface area (Å²) in [7, 11) is -2.00. The molecule has 2 unspecified atom stereocenters. The summed E-state index contributed by atoms with van der Waals surface area (Å²) < 4.78 is 27.8. The van der Waals surface area contributed by atoms with Crippen LogP contribution in [0.15, 0.2) is 0 Å². The maximum absolute atomic E-state index is 12.0. The number of hydrogen-bond acceptors (Lipinski definition) is 3. The molecule has 1 saturated carbocycles. The first-order chi connectivity index (χ1) is 8.24. The molecule has 0 spiro atoms. The summed E-state index contributed by atoms with van der Waals surface area (Å²) in [5, 5.41) is 8.96. The predicted molar refractivity (Wildman–Crippen MR) is 68.3 cm³/mol. The summed E-state index contributed by atoms with van der Waals surface area (Å²) in [6.45, 7) is 3.58. The number of carboxylic acid groups (broad SMARTS) is 1. The Morgan fingerprint density at radius 1 is 1.39 bits per heavy atom. The van der Waals surface area contributed by atoms with Crippen molar-refractivity contribution in [3.63, 3.8) is 0 Å². The van der Waals surface area contributed by atoms with E-state index >= 15 is 0 Å². The molecule has 0 heterocycles. The van der Waals surface area contributed by atoms with Crippen molar-refractivity contribution < 1.29 is 18.3 Å². The second-order valence-corrected chi connectivity index (χ2v) is 6.89. The Hall–Kier alpha value is -0.660. The molecule has 18 heavy (non-hydrogen) atoms. The molecular formula is C11H22N2O4S. The Morgan fingerprint density at radius 2 is 2.00 bits per heavy atom. The van der Waals surface area contributed by atoms with E-state index in [4.69, 9.17) is 5.11 Å². The molecule has 1 fully saturated rings. The van der Waals surface area contributed by atoms with E-state index in [9.17, 15) is 13.2 Å². The average molecular weight is 278 g/mol. The van der Waals surface area contributed by atoms with Crippen LogP contribution in [0.3, 0.4) is 0 Å². The lowest BCUT2D eigenvalue weighted by Gasteiger charge is -2.30. The van der Waals surface area contributed by atoms with Crippen molar-refractivity contribution in [2.75, 3.05) is 7.05 Å². The van der Waals surface area contributed by atoms with Crippen LogP contribution in [0.25, 0.3) is 0 Å².